The molecule has 0 amide bonds. The minimum absolute atomic E-state index is 0.296. The van der Waals surface area contributed by atoms with E-state index in [0.29, 0.717) is 29.4 Å². The molecule has 3 aromatic carbocycles. The second-order valence-electron chi connectivity index (χ2n) is 9.74. The van der Waals surface area contributed by atoms with Crippen LogP contribution in [0.4, 0.5) is 22.0 Å². The molecule has 0 atom stereocenters. The van der Waals surface area contributed by atoms with E-state index in [2.05, 4.69) is 17.7 Å². The third kappa shape index (κ3) is 6.74. The Hall–Kier alpha value is -2.63. The third-order valence-corrected chi connectivity index (χ3v) is 7.39. The summed E-state index contributed by atoms with van der Waals surface area (Å²) in [5.41, 5.74) is 2.19. The largest absolute Gasteiger partial charge is 0.573 e. The summed E-state index contributed by atoms with van der Waals surface area (Å²) in [5.74, 6) is -0.589. The van der Waals surface area contributed by atoms with E-state index in [9.17, 15) is 17.6 Å². The van der Waals surface area contributed by atoms with Crippen molar-refractivity contribution in [2.75, 3.05) is 0 Å². The molecule has 1 saturated carbocycles. The van der Waals surface area contributed by atoms with Gasteiger partial charge in [-0.3, -0.25) is 0 Å². The number of hydrogen-bond donors (Lipinski definition) is 0. The second-order valence-corrected chi connectivity index (χ2v) is 9.74. The number of benzene rings is 3. The van der Waals surface area contributed by atoms with Crippen molar-refractivity contribution < 1.29 is 26.7 Å². The molecular weight excluding hydrogens is 459 g/mol. The summed E-state index contributed by atoms with van der Waals surface area (Å²) in [6.45, 7) is 2.28. The Kier molecular flexibility index (Phi) is 7.98. The van der Waals surface area contributed by atoms with Crippen molar-refractivity contribution in [3.8, 4) is 5.75 Å². The zero-order valence-corrected chi connectivity index (χ0v) is 19.9. The molecule has 0 saturated heterocycles. The Labute approximate surface area is 203 Å². The number of rotatable bonds is 8. The minimum Gasteiger partial charge on any atom is -0.403 e. The summed E-state index contributed by atoms with van der Waals surface area (Å²) in [4.78, 5) is 0. The highest BCUT2D eigenvalue weighted by atomic mass is 19.4. The number of halogens is 5. The lowest BCUT2D eigenvalue weighted by atomic mass is 9.78. The van der Waals surface area contributed by atoms with E-state index in [0.717, 1.165) is 35.8 Å². The molecule has 0 bridgehead atoms. The van der Waals surface area contributed by atoms with E-state index in [1.165, 1.54) is 50.2 Å². The van der Waals surface area contributed by atoms with Crippen molar-refractivity contribution in [3.05, 3.63) is 76.9 Å². The van der Waals surface area contributed by atoms with Crippen LogP contribution in [0.5, 0.6) is 5.75 Å². The molecule has 4 rings (SSSR count). The van der Waals surface area contributed by atoms with Crippen LogP contribution in [0.15, 0.2) is 48.5 Å². The molecule has 6 heteroatoms. The first-order chi connectivity index (χ1) is 16.7. The van der Waals surface area contributed by atoms with Gasteiger partial charge in [0.15, 0.2) is 11.6 Å². The molecule has 1 nitrogen and oxygen atoms in total. The molecule has 1 fully saturated rings. The van der Waals surface area contributed by atoms with Crippen LogP contribution >= 0.6 is 0 Å². The van der Waals surface area contributed by atoms with Crippen molar-refractivity contribution >= 4 is 10.8 Å². The molecule has 0 aromatic heterocycles. The predicted molar refractivity (Wildman–Crippen MR) is 128 cm³/mol. The first kappa shape index (κ1) is 25.5. The summed E-state index contributed by atoms with van der Waals surface area (Å²) in [6.07, 6.45) is 4.41. The smallest absolute Gasteiger partial charge is 0.403 e. The number of ether oxygens (including phenoxy) is 1. The average molecular weight is 491 g/mol. The van der Waals surface area contributed by atoms with Crippen LogP contribution in [0.2, 0.25) is 0 Å². The fourth-order valence-corrected chi connectivity index (χ4v) is 5.22. The maximum absolute atomic E-state index is 15.2. The van der Waals surface area contributed by atoms with Crippen molar-refractivity contribution in [2.45, 2.75) is 71.1 Å². The van der Waals surface area contributed by atoms with Crippen molar-refractivity contribution in [2.24, 2.45) is 11.8 Å². The Morgan fingerprint density at radius 3 is 2.17 bits per heavy atom. The first-order valence-corrected chi connectivity index (χ1v) is 12.5. The highest BCUT2D eigenvalue weighted by molar-refractivity contribution is 5.84. The fourth-order valence-electron chi connectivity index (χ4n) is 5.22. The van der Waals surface area contributed by atoms with Gasteiger partial charge in [-0.25, -0.2) is 8.78 Å². The van der Waals surface area contributed by atoms with Crippen LogP contribution in [0.25, 0.3) is 10.8 Å². The van der Waals surface area contributed by atoms with E-state index in [1.54, 1.807) is 6.07 Å². The van der Waals surface area contributed by atoms with E-state index in [4.69, 9.17) is 0 Å². The normalized spacial score (nSPS) is 18.7. The zero-order valence-electron chi connectivity index (χ0n) is 19.9. The zero-order chi connectivity index (χ0) is 25.0. The van der Waals surface area contributed by atoms with Crippen LogP contribution in [-0.4, -0.2) is 6.36 Å². The topological polar surface area (TPSA) is 9.23 Å². The first-order valence-electron chi connectivity index (χ1n) is 12.5. The SMILES string of the molecule is CCC1CCC(CCc2ccc3c(F)c(CCc4ccc(OC(F)(F)F)c(F)c4)ccc3c2)CC1. The van der Waals surface area contributed by atoms with Crippen LogP contribution in [0, 0.1) is 23.5 Å². The Balaban J connectivity index is 1.37. The van der Waals surface area contributed by atoms with Crippen molar-refractivity contribution in [1.82, 2.24) is 0 Å². The maximum Gasteiger partial charge on any atom is 0.573 e. The van der Waals surface area contributed by atoms with Crippen molar-refractivity contribution in [3.63, 3.8) is 0 Å². The second kappa shape index (κ2) is 11.0. The van der Waals surface area contributed by atoms with E-state index < -0.39 is 17.9 Å². The van der Waals surface area contributed by atoms with Gasteiger partial charge in [0.2, 0.25) is 0 Å². The molecule has 0 heterocycles. The van der Waals surface area contributed by atoms with Gasteiger partial charge in [0.25, 0.3) is 0 Å². The van der Waals surface area contributed by atoms with Crippen LogP contribution in [0.3, 0.4) is 0 Å². The minimum atomic E-state index is -4.95. The Morgan fingerprint density at radius 1 is 0.800 bits per heavy atom. The van der Waals surface area contributed by atoms with E-state index >= 15 is 4.39 Å². The lowest BCUT2D eigenvalue weighted by molar-refractivity contribution is -0.275. The van der Waals surface area contributed by atoms with Gasteiger partial charge in [-0.1, -0.05) is 75.4 Å². The quantitative estimate of drug-likeness (QED) is 0.286. The van der Waals surface area contributed by atoms with Gasteiger partial charge >= 0.3 is 6.36 Å². The van der Waals surface area contributed by atoms with Gasteiger partial charge in [0.1, 0.15) is 5.82 Å². The average Bonchev–Trinajstić information content (AvgIpc) is 2.83. The predicted octanol–water partition coefficient (Wildman–Crippen LogP) is 8.95. The van der Waals surface area contributed by atoms with Gasteiger partial charge in [0, 0.05) is 5.39 Å². The number of fused-ring (bicyclic) bond motifs is 1. The summed E-state index contributed by atoms with van der Waals surface area (Å²) in [7, 11) is 0. The molecule has 0 aliphatic heterocycles. The molecule has 0 spiro atoms. The number of aryl methyl sites for hydroxylation is 3. The molecule has 0 N–H and O–H groups in total. The fraction of sp³-hybridized carbons (Fsp3) is 0.448. The molecule has 188 valence electrons. The Morgan fingerprint density at radius 2 is 1.49 bits per heavy atom. The molecule has 0 radical (unpaired) electrons. The Bertz CT molecular complexity index is 1150. The van der Waals surface area contributed by atoms with Gasteiger partial charge in [-0.05, 0) is 71.7 Å². The number of hydrogen-bond acceptors (Lipinski definition) is 1. The summed E-state index contributed by atoms with van der Waals surface area (Å²) >= 11 is 0. The van der Waals surface area contributed by atoms with E-state index in [1.807, 2.05) is 18.2 Å². The molecule has 1 aliphatic rings. The van der Waals surface area contributed by atoms with Gasteiger partial charge in [-0.15, -0.1) is 13.2 Å². The molecule has 3 aromatic rings. The highest BCUT2D eigenvalue weighted by Crippen LogP contribution is 2.33. The summed E-state index contributed by atoms with van der Waals surface area (Å²) < 4.78 is 69.7. The number of alkyl halides is 3. The molecule has 1 aliphatic carbocycles. The lowest BCUT2D eigenvalue weighted by Gasteiger charge is -2.27. The van der Waals surface area contributed by atoms with Gasteiger partial charge in [0.05, 0.1) is 0 Å². The molecule has 0 unspecified atom stereocenters. The molecular formula is C29H31F5O. The van der Waals surface area contributed by atoms with Gasteiger partial charge in [-0.2, -0.15) is 0 Å². The highest BCUT2D eigenvalue weighted by Gasteiger charge is 2.32. The van der Waals surface area contributed by atoms with Crippen LogP contribution in [-0.2, 0) is 19.3 Å². The van der Waals surface area contributed by atoms with Crippen LogP contribution in [0.1, 0.15) is 62.1 Å². The molecule has 35 heavy (non-hydrogen) atoms. The summed E-state index contributed by atoms with van der Waals surface area (Å²) in [6, 6.07) is 12.9. The van der Waals surface area contributed by atoms with E-state index in [-0.39, 0.29) is 5.82 Å². The summed E-state index contributed by atoms with van der Waals surface area (Å²) in [5, 5.41) is 1.41. The van der Waals surface area contributed by atoms with Gasteiger partial charge < -0.3 is 4.74 Å². The monoisotopic (exact) mass is 490 g/mol. The lowest BCUT2D eigenvalue weighted by Crippen LogP contribution is -2.18. The van der Waals surface area contributed by atoms with Crippen LogP contribution < -0.4 is 4.74 Å². The third-order valence-electron chi connectivity index (χ3n) is 7.39. The maximum atomic E-state index is 15.2. The standard InChI is InChI=1S/C29H31F5O/c1-2-19-3-5-20(6-4-19)7-8-21-10-15-25-24(17-21)14-13-23(28(25)31)12-9-22-11-16-27(26(30)18-22)35-29(32,33)34/h10-11,13-20H,2-9,12H2,1H3. The van der Waals surface area contributed by atoms with Crippen molar-refractivity contribution in [1.29, 1.82) is 0 Å².